The molecule has 5 nitrogen and oxygen atoms in total. The number of amides is 2. The van der Waals surface area contributed by atoms with Gasteiger partial charge in [0, 0.05) is 12.7 Å². The number of pyridine rings is 1. The molecule has 0 radical (unpaired) electrons. The van der Waals surface area contributed by atoms with Crippen LogP contribution in [-0.4, -0.2) is 33.8 Å². The minimum absolute atomic E-state index is 0.00656. The van der Waals surface area contributed by atoms with Crippen molar-refractivity contribution in [2.24, 2.45) is 5.92 Å². The minimum atomic E-state index is -0.569. The molecule has 2 unspecified atom stereocenters. The van der Waals surface area contributed by atoms with Crippen LogP contribution in [0.2, 0.25) is 0 Å². The number of nitrogens with zero attached hydrogens (tertiary/aromatic N) is 2. The fourth-order valence-electron chi connectivity index (χ4n) is 2.25. The van der Waals surface area contributed by atoms with Gasteiger partial charge in [0.15, 0.2) is 0 Å². The Morgan fingerprint density at radius 3 is 2.70 bits per heavy atom. The van der Waals surface area contributed by atoms with Crippen molar-refractivity contribution in [3.63, 3.8) is 0 Å². The van der Waals surface area contributed by atoms with Gasteiger partial charge in [0.25, 0.3) is 0 Å². The van der Waals surface area contributed by atoms with Gasteiger partial charge in [0.2, 0.25) is 11.8 Å². The zero-order valence-electron chi connectivity index (χ0n) is 11.8. The van der Waals surface area contributed by atoms with Crippen LogP contribution < -0.4 is 5.32 Å². The van der Waals surface area contributed by atoms with Crippen LogP contribution in [0.4, 0.5) is 4.39 Å². The fraction of sp³-hybridized carbons (Fsp3) is 0.500. The Hall–Kier alpha value is -1.98. The molecule has 1 N–H and O–H groups in total. The zero-order chi connectivity index (χ0) is 14.9. The van der Waals surface area contributed by atoms with E-state index in [-0.39, 0.29) is 24.3 Å². The molecule has 6 heteroatoms. The van der Waals surface area contributed by atoms with Gasteiger partial charge in [0.05, 0.1) is 6.20 Å². The lowest BCUT2D eigenvalue weighted by molar-refractivity contribution is -0.150. The van der Waals surface area contributed by atoms with Crippen molar-refractivity contribution in [2.75, 3.05) is 0 Å². The Kier molecular flexibility index (Phi) is 4.01. The molecular formula is C14H18FN3O2. The average Bonchev–Trinajstić information content (AvgIpc) is 2.38. The monoisotopic (exact) mass is 279 g/mol. The van der Waals surface area contributed by atoms with Gasteiger partial charge in [-0.25, -0.2) is 4.39 Å². The highest BCUT2D eigenvalue weighted by molar-refractivity contribution is 5.96. The molecule has 20 heavy (non-hydrogen) atoms. The Balaban J connectivity index is 2.23. The summed E-state index contributed by atoms with van der Waals surface area (Å²) < 4.78 is 13.2. The maximum Gasteiger partial charge on any atom is 0.246 e. The van der Waals surface area contributed by atoms with E-state index >= 15 is 0 Å². The number of halogens is 1. The summed E-state index contributed by atoms with van der Waals surface area (Å²) in [5, 5.41) is 2.72. The largest absolute Gasteiger partial charge is 0.342 e. The van der Waals surface area contributed by atoms with Crippen LogP contribution >= 0.6 is 0 Å². The number of carbonyl (C=O) groups is 2. The van der Waals surface area contributed by atoms with Crippen molar-refractivity contribution >= 4 is 11.8 Å². The summed E-state index contributed by atoms with van der Waals surface area (Å²) in [6.45, 7) is 5.60. The predicted octanol–water partition coefficient (Wildman–Crippen LogP) is 1.09. The Morgan fingerprint density at radius 2 is 2.10 bits per heavy atom. The summed E-state index contributed by atoms with van der Waals surface area (Å²) in [5.74, 6) is -0.777. The van der Waals surface area contributed by atoms with Crippen LogP contribution in [0, 0.1) is 11.7 Å². The molecule has 0 bridgehead atoms. The van der Waals surface area contributed by atoms with Crippen LogP contribution in [0.5, 0.6) is 0 Å². The maximum atomic E-state index is 13.2. The standard InChI is InChI=1S/C14H18FN3O2/c1-8(2)12-14(20)18(9(3)13(19)17-12)7-10-4-11(15)6-16-5-10/h4-6,8-9,12H,7H2,1-3H3,(H,17,19). The third kappa shape index (κ3) is 2.79. The van der Waals surface area contributed by atoms with Gasteiger partial charge in [-0.15, -0.1) is 0 Å². The van der Waals surface area contributed by atoms with Crippen LogP contribution in [0.3, 0.4) is 0 Å². The van der Waals surface area contributed by atoms with Crippen molar-refractivity contribution in [3.8, 4) is 0 Å². The quantitative estimate of drug-likeness (QED) is 0.901. The molecule has 0 aliphatic carbocycles. The maximum absolute atomic E-state index is 13.2. The van der Waals surface area contributed by atoms with Crippen LogP contribution in [0.15, 0.2) is 18.5 Å². The lowest BCUT2D eigenvalue weighted by Crippen LogP contribution is -2.63. The van der Waals surface area contributed by atoms with E-state index in [4.69, 9.17) is 0 Å². The molecule has 2 atom stereocenters. The molecule has 1 saturated heterocycles. The molecule has 1 aliphatic rings. The van der Waals surface area contributed by atoms with Gasteiger partial charge in [-0.3, -0.25) is 14.6 Å². The molecule has 2 heterocycles. The topological polar surface area (TPSA) is 62.3 Å². The van der Waals surface area contributed by atoms with E-state index in [1.165, 1.54) is 17.2 Å². The van der Waals surface area contributed by atoms with Crippen molar-refractivity contribution in [1.29, 1.82) is 0 Å². The summed E-state index contributed by atoms with van der Waals surface area (Å²) in [7, 11) is 0. The number of aromatic nitrogens is 1. The van der Waals surface area contributed by atoms with E-state index in [1.54, 1.807) is 6.92 Å². The molecule has 2 amide bonds. The first-order valence-electron chi connectivity index (χ1n) is 6.60. The third-order valence-corrected chi connectivity index (χ3v) is 3.47. The second kappa shape index (κ2) is 5.56. The van der Waals surface area contributed by atoms with Crippen molar-refractivity contribution < 1.29 is 14.0 Å². The molecule has 1 aromatic rings. The van der Waals surface area contributed by atoms with Gasteiger partial charge in [-0.2, -0.15) is 0 Å². The first kappa shape index (κ1) is 14.4. The summed E-state index contributed by atoms with van der Waals surface area (Å²) >= 11 is 0. The first-order valence-corrected chi connectivity index (χ1v) is 6.60. The highest BCUT2D eigenvalue weighted by Gasteiger charge is 2.39. The van der Waals surface area contributed by atoms with Crippen LogP contribution in [0.25, 0.3) is 0 Å². The second-order valence-electron chi connectivity index (χ2n) is 5.38. The van der Waals surface area contributed by atoms with Gasteiger partial charge in [-0.05, 0) is 24.5 Å². The first-order chi connectivity index (χ1) is 9.40. The molecule has 1 fully saturated rings. The van der Waals surface area contributed by atoms with Gasteiger partial charge in [-0.1, -0.05) is 13.8 Å². The van der Waals surface area contributed by atoms with E-state index in [2.05, 4.69) is 10.3 Å². The summed E-state index contributed by atoms with van der Waals surface area (Å²) in [4.78, 5) is 29.6. The second-order valence-corrected chi connectivity index (χ2v) is 5.38. The van der Waals surface area contributed by atoms with Crippen molar-refractivity contribution in [3.05, 3.63) is 29.8 Å². The Labute approximate surface area is 117 Å². The highest BCUT2D eigenvalue weighted by atomic mass is 19.1. The Bertz CT molecular complexity index is 533. The number of piperazine rings is 1. The molecule has 0 aromatic carbocycles. The summed E-state index contributed by atoms with van der Waals surface area (Å²) in [6.07, 6.45) is 2.61. The molecule has 0 spiro atoms. The summed E-state index contributed by atoms with van der Waals surface area (Å²) in [6, 6.07) is 0.227. The Morgan fingerprint density at radius 1 is 1.40 bits per heavy atom. The van der Waals surface area contributed by atoms with Gasteiger partial charge in [0.1, 0.15) is 17.9 Å². The number of rotatable bonds is 3. The molecule has 1 aliphatic heterocycles. The van der Waals surface area contributed by atoms with E-state index in [0.717, 1.165) is 6.20 Å². The molecule has 0 saturated carbocycles. The number of hydrogen-bond donors (Lipinski definition) is 1. The van der Waals surface area contributed by atoms with Crippen LogP contribution in [-0.2, 0) is 16.1 Å². The lowest BCUT2D eigenvalue weighted by Gasteiger charge is -2.38. The summed E-state index contributed by atoms with van der Waals surface area (Å²) in [5.41, 5.74) is 0.572. The molecule has 108 valence electrons. The minimum Gasteiger partial charge on any atom is -0.342 e. The fourth-order valence-corrected chi connectivity index (χ4v) is 2.25. The molecule has 2 rings (SSSR count). The number of carbonyl (C=O) groups excluding carboxylic acids is 2. The SMILES string of the molecule is CC(C)C1NC(=O)C(C)N(Cc2cncc(F)c2)C1=O. The normalized spacial score (nSPS) is 23.1. The number of hydrogen-bond acceptors (Lipinski definition) is 3. The van der Waals surface area contributed by atoms with Gasteiger partial charge < -0.3 is 10.2 Å². The number of nitrogens with one attached hydrogen (secondary N) is 1. The smallest absolute Gasteiger partial charge is 0.246 e. The van der Waals surface area contributed by atoms with E-state index in [9.17, 15) is 14.0 Å². The third-order valence-electron chi connectivity index (χ3n) is 3.47. The predicted molar refractivity (Wildman–Crippen MR) is 71.0 cm³/mol. The average molecular weight is 279 g/mol. The van der Waals surface area contributed by atoms with E-state index < -0.39 is 17.9 Å². The van der Waals surface area contributed by atoms with Crippen molar-refractivity contribution in [1.82, 2.24) is 15.2 Å². The molecule has 1 aromatic heterocycles. The van der Waals surface area contributed by atoms with Crippen molar-refractivity contribution in [2.45, 2.75) is 39.4 Å². The van der Waals surface area contributed by atoms with E-state index in [0.29, 0.717) is 5.56 Å². The van der Waals surface area contributed by atoms with Crippen LogP contribution in [0.1, 0.15) is 26.3 Å². The van der Waals surface area contributed by atoms with E-state index in [1.807, 2.05) is 13.8 Å². The highest BCUT2D eigenvalue weighted by Crippen LogP contribution is 2.18. The lowest BCUT2D eigenvalue weighted by atomic mass is 9.98. The zero-order valence-corrected chi connectivity index (χ0v) is 11.8. The van der Waals surface area contributed by atoms with Gasteiger partial charge >= 0.3 is 0 Å². The molecular weight excluding hydrogens is 261 g/mol.